The first-order chi connectivity index (χ1) is 11.5. The van der Waals surface area contributed by atoms with Crippen LogP contribution in [0.3, 0.4) is 0 Å². The van der Waals surface area contributed by atoms with Crippen molar-refractivity contribution in [1.82, 2.24) is 15.1 Å². The summed E-state index contributed by atoms with van der Waals surface area (Å²) in [6.07, 6.45) is 0.557. The zero-order valence-corrected chi connectivity index (χ0v) is 16.4. The van der Waals surface area contributed by atoms with Gasteiger partial charge in [0.15, 0.2) is 0 Å². The van der Waals surface area contributed by atoms with Crippen molar-refractivity contribution in [2.75, 3.05) is 44.2 Å². The number of nitrogens with zero attached hydrogens (tertiary/aromatic N) is 2. The maximum absolute atomic E-state index is 12.6. The molecule has 1 aromatic rings. The number of halogens is 1. The van der Waals surface area contributed by atoms with Gasteiger partial charge in [-0.15, -0.1) is 12.4 Å². The Labute approximate surface area is 159 Å². The lowest BCUT2D eigenvalue weighted by Crippen LogP contribution is -2.52. The number of carbonyl (C=O) groups is 2. The topological polar surface area (TPSA) is 65.8 Å². The van der Waals surface area contributed by atoms with Crippen LogP contribution in [0.15, 0.2) is 10.5 Å². The molecule has 25 heavy (non-hydrogen) atoms. The molecule has 140 valence electrons. The summed E-state index contributed by atoms with van der Waals surface area (Å²) in [6, 6.07) is 2.08. The molecule has 2 aliphatic rings. The summed E-state index contributed by atoms with van der Waals surface area (Å²) in [5.41, 5.74) is 0.635. The van der Waals surface area contributed by atoms with Gasteiger partial charge >= 0.3 is 0 Å². The number of aryl methyl sites for hydroxylation is 2. The van der Waals surface area contributed by atoms with Crippen molar-refractivity contribution in [3.63, 3.8) is 0 Å². The first kappa shape index (κ1) is 20.1. The van der Waals surface area contributed by atoms with E-state index in [0.29, 0.717) is 43.9 Å². The molecule has 1 N–H and O–H groups in total. The van der Waals surface area contributed by atoms with Crippen LogP contribution in [0.5, 0.6) is 0 Å². The van der Waals surface area contributed by atoms with Crippen LogP contribution in [0, 0.1) is 13.8 Å². The Morgan fingerprint density at radius 3 is 2.48 bits per heavy atom. The Bertz CT molecular complexity index is 608. The minimum absolute atomic E-state index is 0. The normalized spacial score (nSPS) is 21.0. The maximum atomic E-state index is 12.6. The van der Waals surface area contributed by atoms with Crippen LogP contribution in [0.1, 0.15) is 28.3 Å². The predicted octanol–water partition coefficient (Wildman–Crippen LogP) is 1.70. The third-order valence-electron chi connectivity index (χ3n) is 4.61. The average Bonchev–Trinajstić information content (AvgIpc) is 2.93. The number of rotatable bonds is 3. The molecule has 6 nitrogen and oxygen atoms in total. The third kappa shape index (κ3) is 4.92. The molecule has 8 heteroatoms. The van der Waals surface area contributed by atoms with E-state index in [-0.39, 0.29) is 30.3 Å². The highest BCUT2D eigenvalue weighted by Gasteiger charge is 2.28. The molecule has 0 aromatic carbocycles. The van der Waals surface area contributed by atoms with Gasteiger partial charge in [-0.1, -0.05) is 0 Å². The van der Waals surface area contributed by atoms with Crippen LogP contribution in [0.4, 0.5) is 0 Å². The molecule has 2 saturated heterocycles. The summed E-state index contributed by atoms with van der Waals surface area (Å²) in [5, 5.41) is 3.40. The van der Waals surface area contributed by atoms with Gasteiger partial charge in [-0.3, -0.25) is 9.59 Å². The minimum atomic E-state index is 0. The zero-order valence-electron chi connectivity index (χ0n) is 14.7. The number of amides is 2. The summed E-state index contributed by atoms with van der Waals surface area (Å²) in [7, 11) is 0. The second-order valence-corrected chi connectivity index (χ2v) is 7.58. The van der Waals surface area contributed by atoms with Crippen molar-refractivity contribution >= 4 is 36.0 Å². The Morgan fingerprint density at radius 1 is 1.24 bits per heavy atom. The van der Waals surface area contributed by atoms with E-state index in [1.165, 1.54) is 0 Å². The van der Waals surface area contributed by atoms with Crippen LogP contribution in [0.2, 0.25) is 0 Å². The molecule has 3 heterocycles. The smallest absolute Gasteiger partial charge is 0.257 e. The molecule has 3 rings (SSSR count). The highest BCUT2D eigenvalue weighted by molar-refractivity contribution is 7.99. The van der Waals surface area contributed by atoms with Gasteiger partial charge in [-0.2, -0.15) is 11.8 Å². The molecule has 0 spiro atoms. The van der Waals surface area contributed by atoms with Gasteiger partial charge in [-0.05, 0) is 19.9 Å². The summed E-state index contributed by atoms with van der Waals surface area (Å²) in [6.45, 7) is 7.03. The molecule has 0 saturated carbocycles. The molecular formula is C17H26ClN3O3S. The summed E-state index contributed by atoms with van der Waals surface area (Å²) in [5.74, 6) is 3.74. The van der Waals surface area contributed by atoms with Crippen LogP contribution in [-0.4, -0.2) is 71.9 Å². The molecule has 1 unspecified atom stereocenters. The van der Waals surface area contributed by atoms with E-state index in [1.807, 2.05) is 35.4 Å². The monoisotopic (exact) mass is 387 g/mol. The number of furan rings is 1. The summed E-state index contributed by atoms with van der Waals surface area (Å²) < 4.78 is 5.45. The molecule has 2 aliphatic heterocycles. The molecule has 0 radical (unpaired) electrons. The highest BCUT2D eigenvalue weighted by atomic mass is 35.5. The lowest BCUT2D eigenvalue weighted by Gasteiger charge is -2.35. The Morgan fingerprint density at radius 2 is 1.92 bits per heavy atom. The number of nitrogens with one attached hydrogen (secondary N) is 1. The number of thioether (sulfide) groups is 1. The number of hydrogen-bond donors (Lipinski definition) is 1. The number of carbonyl (C=O) groups excluding carboxylic acids is 2. The second-order valence-electron chi connectivity index (χ2n) is 6.43. The largest absolute Gasteiger partial charge is 0.466 e. The first-order valence-corrected chi connectivity index (χ1v) is 9.65. The molecule has 1 aromatic heterocycles. The van der Waals surface area contributed by atoms with E-state index in [2.05, 4.69) is 5.32 Å². The Kier molecular flexibility index (Phi) is 7.22. The number of piperazine rings is 1. The Balaban J connectivity index is 0.00000225. The maximum Gasteiger partial charge on any atom is 0.257 e. The second kappa shape index (κ2) is 8.96. The van der Waals surface area contributed by atoms with Gasteiger partial charge in [0.2, 0.25) is 5.91 Å². The van der Waals surface area contributed by atoms with Gasteiger partial charge in [0.05, 0.1) is 5.56 Å². The van der Waals surface area contributed by atoms with Crippen LogP contribution >= 0.6 is 24.2 Å². The quantitative estimate of drug-likeness (QED) is 0.855. The molecule has 0 bridgehead atoms. The van der Waals surface area contributed by atoms with Gasteiger partial charge < -0.3 is 19.5 Å². The van der Waals surface area contributed by atoms with Crippen LogP contribution in [-0.2, 0) is 4.79 Å². The predicted molar refractivity (Wildman–Crippen MR) is 102 cm³/mol. The van der Waals surface area contributed by atoms with E-state index >= 15 is 0 Å². The fraction of sp³-hybridized carbons (Fsp3) is 0.647. The van der Waals surface area contributed by atoms with Crippen molar-refractivity contribution in [3.8, 4) is 0 Å². The van der Waals surface area contributed by atoms with Gasteiger partial charge in [0.1, 0.15) is 11.5 Å². The molecule has 1 atom stereocenters. The number of hydrogen-bond acceptors (Lipinski definition) is 5. The summed E-state index contributed by atoms with van der Waals surface area (Å²) >= 11 is 1.90. The molecule has 0 aliphatic carbocycles. The van der Waals surface area contributed by atoms with E-state index in [0.717, 1.165) is 23.8 Å². The molecule has 2 amide bonds. The van der Waals surface area contributed by atoms with Gasteiger partial charge in [0, 0.05) is 56.7 Å². The average molecular weight is 388 g/mol. The van der Waals surface area contributed by atoms with Gasteiger partial charge in [0.25, 0.3) is 5.91 Å². The highest BCUT2D eigenvalue weighted by Crippen LogP contribution is 2.18. The van der Waals surface area contributed by atoms with Crippen LogP contribution < -0.4 is 5.32 Å². The van der Waals surface area contributed by atoms with Gasteiger partial charge in [-0.25, -0.2) is 0 Å². The van der Waals surface area contributed by atoms with Crippen molar-refractivity contribution in [2.45, 2.75) is 26.3 Å². The van der Waals surface area contributed by atoms with Crippen molar-refractivity contribution in [2.24, 2.45) is 0 Å². The SMILES string of the molecule is Cc1cc(C(=O)N2CCN(C(=O)CC3CSCCN3)CC2)c(C)o1.Cl. The Hall–Kier alpha value is -1.18. The van der Waals surface area contributed by atoms with E-state index in [9.17, 15) is 9.59 Å². The van der Waals surface area contributed by atoms with E-state index < -0.39 is 0 Å². The molecular weight excluding hydrogens is 362 g/mol. The van der Waals surface area contributed by atoms with Crippen molar-refractivity contribution in [3.05, 3.63) is 23.2 Å². The van der Waals surface area contributed by atoms with Crippen molar-refractivity contribution in [1.29, 1.82) is 0 Å². The summed E-state index contributed by atoms with van der Waals surface area (Å²) in [4.78, 5) is 28.7. The first-order valence-electron chi connectivity index (χ1n) is 8.50. The lowest BCUT2D eigenvalue weighted by atomic mass is 10.1. The van der Waals surface area contributed by atoms with E-state index in [1.54, 1.807) is 6.07 Å². The fourth-order valence-electron chi connectivity index (χ4n) is 3.26. The van der Waals surface area contributed by atoms with Crippen molar-refractivity contribution < 1.29 is 14.0 Å². The fourth-order valence-corrected chi connectivity index (χ4v) is 4.21. The van der Waals surface area contributed by atoms with E-state index in [4.69, 9.17) is 4.42 Å². The lowest BCUT2D eigenvalue weighted by molar-refractivity contribution is -0.133. The van der Waals surface area contributed by atoms with Crippen LogP contribution in [0.25, 0.3) is 0 Å². The molecule has 2 fully saturated rings. The minimum Gasteiger partial charge on any atom is -0.466 e. The standard InChI is InChI=1S/C17H25N3O3S.ClH/c1-12-9-15(13(2)23-12)17(22)20-6-4-19(5-7-20)16(21)10-14-11-24-8-3-18-14;/h9,14,18H,3-8,10-11H2,1-2H3;1H. The zero-order chi connectivity index (χ0) is 17.1. The third-order valence-corrected chi connectivity index (χ3v) is 5.74.